The molecule has 2 atom stereocenters. The van der Waals surface area contributed by atoms with E-state index in [1.807, 2.05) is 0 Å². The second-order valence-electron chi connectivity index (χ2n) is 5.63. The minimum Gasteiger partial charge on any atom is -0.467 e. The number of aliphatic hydroxyl groups excluding tert-OH is 1. The molecule has 6 nitrogen and oxygen atoms in total. The van der Waals surface area contributed by atoms with Crippen LogP contribution < -0.4 is 5.73 Å². The zero-order chi connectivity index (χ0) is 14.1. The Morgan fingerprint density at radius 2 is 1.83 bits per heavy atom. The molecule has 1 saturated carbocycles. The fraction of sp³-hybridized carbons (Fsp3) is 0.833. The fourth-order valence-electron chi connectivity index (χ4n) is 1.74. The monoisotopic (exact) mass is 259 g/mol. The first-order chi connectivity index (χ1) is 8.13. The van der Waals surface area contributed by atoms with E-state index in [1.165, 1.54) is 0 Å². The smallest absolute Gasteiger partial charge is 0.337 e. The number of carbonyl (C=O) groups excluding carboxylic acids is 2. The molecule has 6 heteroatoms. The van der Waals surface area contributed by atoms with Gasteiger partial charge in [0.2, 0.25) is 0 Å². The van der Waals surface area contributed by atoms with E-state index in [4.69, 9.17) is 10.5 Å². The number of nitrogens with two attached hydrogens (primary N) is 1. The van der Waals surface area contributed by atoms with Gasteiger partial charge in [-0.1, -0.05) is 0 Å². The largest absolute Gasteiger partial charge is 0.467 e. The lowest BCUT2D eigenvalue weighted by Crippen LogP contribution is -2.63. The van der Waals surface area contributed by atoms with Gasteiger partial charge in [-0.15, -0.1) is 0 Å². The first-order valence-electron chi connectivity index (χ1n) is 5.91. The molecule has 0 bridgehead atoms. The molecule has 3 N–H and O–H groups in total. The molecule has 0 amide bonds. The lowest BCUT2D eigenvalue weighted by atomic mass is 9.87. The van der Waals surface area contributed by atoms with Crippen LogP contribution in [0.25, 0.3) is 0 Å². The van der Waals surface area contributed by atoms with Crippen molar-refractivity contribution >= 4 is 11.9 Å². The average Bonchev–Trinajstić information content (AvgIpc) is 3.07. The highest BCUT2D eigenvalue weighted by Gasteiger charge is 2.57. The maximum Gasteiger partial charge on any atom is 0.337 e. The molecule has 0 spiro atoms. The van der Waals surface area contributed by atoms with Crippen LogP contribution in [-0.4, -0.2) is 41.4 Å². The first-order valence-corrected chi connectivity index (χ1v) is 5.91. The summed E-state index contributed by atoms with van der Waals surface area (Å²) in [7, 11) is 1.13. The number of carbonyl (C=O) groups is 2. The third-order valence-corrected chi connectivity index (χ3v) is 2.88. The van der Waals surface area contributed by atoms with Crippen molar-refractivity contribution in [3.8, 4) is 0 Å². The van der Waals surface area contributed by atoms with E-state index in [0.29, 0.717) is 12.8 Å². The van der Waals surface area contributed by atoms with Crippen molar-refractivity contribution in [1.29, 1.82) is 0 Å². The summed E-state index contributed by atoms with van der Waals surface area (Å²) in [6.07, 6.45) is -0.335. The Labute approximate surface area is 106 Å². The Morgan fingerprint density at radius 3 is 2.17 bits per heavy atom. The van der Waals surface area contributed by atoms with Gasteiger partial charge in [0.05, 0.1) is 7.11 Å². The molecule has 0 aromatic rings. The highest BCUT2D eigenvalue weighted by atomic mass is 16.6. The highest BCUT2D eigenvalue weighted by Crippen LogP contribution is 2.41. The van der Waals surface area contributed by atoms with E-state index < -0.39 is 29.2 Å². The molecular formula is C12H21NO5. The summed E-state index contributed by atoms with van der Waals surface area (Å²) in [5.74, 6) is -1.94. The molecule has 0 aromatic carbocycles. The van der Waals surface area contributed by atoms with E-state index in [9.17, 15) is 14.7 Å². The Morgan fingerprint density at radius 1 is 1.33 bits per heavy atom. The van der Waals surface area contributed by atoms with Gasteiger partial charge in [-0.2, -0.15) is 0 Å². The van der Waals surface area contributed by atoms with E-state index in [0.717, 1.165) is 7.11 Å². The van der Waals surface area contributed by atoms with Crippen LogP contribution in [0.3, 0.4) is 0 Å². The quantitative estimate of drug-likeness (QED) is 0.688. The van der Waals surface area contributed by atoms with Crippen LogP contribution in [0, 0.1) is 5.92 Å². The number of esters is 2. The first kappa shape index (κ1) is 14.9. The van der Waals surface area contributed by atoms with Crippen molar-refractivity contribution in [2.24, 2.45) is 11.7 Å². The number of hydrogen-bond acceptors (Lipinski definition) is 6. The Hall–Kier alpha value is -1.14. The second kappa shape index (κ2) is 4.85. The van der Waals surface area contributed by atoms with Crippen molar-refractivity contribution in [3.63, 3.8) is 0 Å². The number of hydrogen-bond donors (Lipinski definition) is 2. The number of aliphatic hydroxyl groups is 1. The summed E-state index contributed by atoms with van der Waals surface area (Å²) in [4.78, 5) is 23.5. The van der Waals surface area contributed by atoms with Crippen LogP contribution in [-0.2, 0) is 19.1 Å². The van der Waals surface area contributed by atoms with Crippen molar-refractivity contribution in [3.05, 3.63) is 0 Å². The SMILES string of the molecule is COC(=O)C(O)C(N)(C(=O)OC(C)(C)C)C1CC1. The number of rotatable bonds is 4. The van der Waals surface area contributed by atoms with Gasteiger partial charge in [0.25, 0.3) is 0 Å². The van der Waals surface area contributed by atoms with Gasteiger partial charge in [0, 0.05) is 0 Å². The average molecular weight is 259 g/mol. The van der Waals surface area contributed by atoms with E-state index in [2.05, 4.69) is 4.74 Å². The topological polar surface area (TPSA) is 98.9 Å². The van der Waals surface area contributed by atoms with Crippen LogP contribution >= 0.6 is 0 Å². The van der Waals surface area contributed by atoms with Gasteiger partial charge in [0.15, 0.2) is 11.6 Å². The minimum absolute atomic E-state index is 0.249. The molecule has 2 unspecified atom stereocenters. The van der Waals surface area contributed by atoms with Gasteiger partial charge >= 0.3 is 11.9 Å². The molecule has 1 fully saturated rings. The molecule has 0 radical (unpaired) electrons. The fourth-order valence-corrected chi connectivity index (χ4v) is 1.74. The van der Waals surface area contributed by atoms with Gasteiger partial charge in [-0.25, -0.2) is 9.59 Å². The molecule has 1 rings (SSSR count). The third-order valence-electron chi connectivity index (χ3n) is 2.88. The summed E-state index contributed by atoms with van der Waals surface area (Å²) in [5.41, 5.74) is 3.50. The maximum atomic E-state index is 12.1. The molecule has 0 aliphatic heterocycles. The Bertz CT molecular complexity index is 345. The van der Waals surface area contributed by atoms with Crippen LogP contribution in [0.15, 0.2) is 0 Å². The zero-order valence-corrected chi connectivity index (χ0v) is 11.2. The Kier molecular flexibility index (Phi) is 4.02. The predicted octanol–water partition coefficient (Wildman–Crippen LogP) is -0.0305. The van der Waals surface area contributed by atoms with Crippen LogP contribution in [0.5, 0.6) is 0 Å². The summed E-state index contributed by atoms with van der Waals surface area (Å²) in [5, 5.41) is 9.91. The summed E-state index contributed by atoms with van der Waals surface area (Å²) < 4.78 is 9.63. The standard InChI is InChI=1S/C12H21NO5/c1-11(2,3)18-10(16)12(13,7-5-6-7)8(14)9(15)17-4/h7-8,14H,5-6,13H2,1-4H3. The van der Waals surface area contributed by atoms with E-state index in [1.54, 1.807) is 20.8 Å². The molecule has 1 aliphatic rings. The van der Waals surface area contributed by atoms with Gasteiger partial charge < -0.3 is 20.3 Å². The van der Waals surface area contributed by atoms with Crippen LogP contribution in [0.2, 0.25) is 0 Å². The minimum atomic E-state index is -1.72. The van der Waals surface area contributed by atoms with Gasteiger partial charge in [0.1, 0.15) is 5.60 Å². The Balaban J connectivity index is 2.93. The second-order valence-corrected chi connectivity index (χ2v) is 5.63. The molecule has 18 heavy (non-hydrogen) atoms. The van der Waals surface area contributed by atoms with Crippen LogP contribution in [0.1, 0.15) is 33.6 Å². The predicted molar refractivity (Wildman–Crippen MR) is 63.5 cm³/mol. The van der Waals surface area contributed by atoms with Gasteiger partial charge in [-0.05, 0) is 39.5 Å². The molecule has 0 aromatic heterocycles. The molecule has 104 valence electrons. The summed E-state index contributed by atoms with van der Waals surface area (Å²) >= 11 is 0. The number of methoxy groups -OCH3 is 1. The van der Waals surface area contributed by atoms with E-state index in [-0.39, 0.29) is 5.92 Å². The molecule has 1 aliphatic carbocycles. The highest BCUT2D eigenvalue weighted by molar-refractivity contribution is 5.91. The van der Waals surface area contributed by atoms with Crippen molar-refractivity contribution in [2.75, 3.05) is 7.11 Å². The number of ether oxygens (including phenoxy) is 2. The summed E-state index contributed by atoms with van der Waals surface area (Å²) in [6.45, 7) is 5.09. The van der Waals surface area contributed by atoms with Crippen LogP contribution in [0.4, 0.5) is 0 Å². The van der Waals surface area contributed by atoms with Crippen molar-refractivity contribution in [1.82, 2.24) is 0 Å². The summed E-state index contributed by atoms with van der Waals surface area (Å²) in [6, 6.07) is 0. The van der Waals surface area contributed by atoms with Crippen molar-refractivity contribution in [2.45, 2.75) is 50.9 Å². The molecule has 0 saturated heterocycles. The molecule has 0 heterocycles. The third kappa shape index (κ3) is 3.00. The lowest BCUT2D eigenvalue weighted by Gasteiger charge is -2.33. The van der Waals surface area contributed by atoms with Gasteiger partial charge in [-0.3, -0.25) is 0 Å². The van der Waals surface area contributed by atoms with E-state index >= 15 is 0 Å². The zero-order valence-electron chi connectivity index (χ0n) is 11.2. The molecular weight excluding hydrogens is 238 g/mol. The maximum absolute atomic E-state index is 12.1. The lowest BCUT2D eigenvalue weighted by molar-refractivity contribution is -0.175. The normalized spacial score (nSPS) is 20.8. The van der Waals surface area contributed by atoms with Crippen molar-refractivity contribution < 1.29 is 24.2 Å².